The van der Waals surface area contributed by atoms with Crippen molar-refractivity contribution >= 4 is 45.2 Å². The van der Waals surface area contributed by atoms with E-state index in [1.807, 2.05) is 0 Å². The molecule has 3 aliphatic rings. The molecular weight excluding hydrogens is 532 g/mol. The third-order valence-electron chi connectivity index (χ3n) is 9.00. The topological polar surface area (TPSA) is 6.48 Å². The number of nitrogens with zero attached hydrogens (tertiary/aromatic N) is 2. The second-order valence-corrected chi connectivity index (χ2v) is 11.7. The highest BCUT2D eigenvalue weighted by Gasteiger charge is 2.36. The van der Waals surface area contributed by atoms with Crippen LogP contribution in [-0.4, -0.2) is 6.04 Å². The van der Waals surface area contributed by atoms with Crippen molar-refractivity contribution in [2.24, 2.45) is 0 Å². The Hall–Kier alpha value is -5.34. The fraction of sp³-hybridized carbons (Fsp3) is 0.0952. The molecule has 0 saturated heterocycles. The molecule has 0 saturated carbocycles. The van der Waals surface area contributed by atoms with E-state index in [2.05, 4.69) is 174 Å². The summed E-state index contributed by atoms with van der Waals surface area (Å²) in [7, 11) is 0. The summed E-state index contributed by atoms with van der Waals surface area (Å²) in [5.41, 5.74) is 14.0. The lowest BCUT2D eigenvalue weighted by Gasteiger charge is -2.31. The van der Waals surface area contributed by atoms with Crippen LogP contribution in [0.25, 0.3) is 16.7 Å². The molecule has 1 heterocycles. The zero-order chi connectivity index (χ0) is 29.3. The van der Waals surface area contributed by atoms with Crippen LogP contribution in [0.4, 0.5) is 28.4 Å². The predicted molar refractivity (Wildman–Crippen MR) is 187 cm³/mol. The van der Waals surface area contributed by atoms with E-state index in [0.29, 0.717) is 0 Å². The molecular formula is C42H34N2. The molecule has 1 unspecified atom stereocenters. The van der Waals surface area contributed by atoms with E-state index < -0.39 is 0 Å². The maximum atomic E-state index is 2.57. The van der Waals surface area contributed by atoms with Crippen LogP contribution in [0.15, 0.2) is 164 Å². The third-order valence-corrected chi connectivity index (χ3v) is 9.00. The van der Waals surface area contributed by atoms with Gasteiger partial charge in [0.15, 0.2) is 0 Å². The number of benzene rings is 5. The first-order valence-electron chi connectivity index (χ1n) is 15.6. The molecule has 1 atom stereocenters. The van der Waals surface area contributed by atoms with Gasteiger partial charge in [-0.05, 0) is 108 Å². The predicted octanol–water partition coefficient (Wildman–Crippen LogP) is 11.3. The van der Waals surface area contributed by atoms with Crippen molar-refractivity contribution in [2.45, 2.75) is 25.3 Å². The first kappa shape index (κ1) is 26.3. The minimum atomic E-state index is 0.241. The maximum Gasteiger partial charge on any atom is 0.0633 e. The quantitative estimate of drug-likeness (QED) is 0.202. The average Bonchev–Trinajstić information content (AvgIpc) is 3.43. The summed E-state index contributed by atoms with van der Waals surface area (Å²) in [5.74, 6) is 0. The lowest BCUT2D eigenvalue weighted by atomic mass is 9.88. The largest absolute Gasteiger partial charge is 0.333 e. The van der Waals surface area contributed by atoms with E-state index >= 15 is 0 Å². The van der Waals surface area contributed by atoms with Crippen LogP contribution in [0.5, 0.6) is 0 Å². The molecule has 0 aromatic heterocycles. The summed E-state index contributed by atoms with van der Waals surface area (Å²) in [6.45, 7) is 0. The maximum absolute atomic E-state index is 2.57. The second-order valence-electron chi connectivity index (χ2n) is 11.7. The van der Waals surface area contributed by atoms with Gasteiger partial charge >= 0.3 is 0 Å². The molecule has 5 aromatic carbocycles. The van der Waals surface area contributed by atoms with Crippen molar-refractivity contribution in [3.05, 3.63) is 181 Å². The van der Waals surface area contributed by atoms with Crippen LogP contribution in [0.3, 0.4) is 0 Å². The van der Waals surface area contributed by atoms with Gasteiger partial charge in [0.25, 0.3) is 0 Å². The normalized spacial score (nSPS) is 16.9. The number of hydrogen-bond donors (Lipinski definition) is 0. The van der Waals surface area contributed by atoms with E-state index in [1.165, 1.54) is 44.8 Å². The fourth-order valence-corrected chi connectivity index (χ4v) is 6.91. The van der Waals surface area contributed by atoms with Gasteiger partial charge in [-0.25, -0.2) is 0 Å². The molecule has 2 nitrogen and oxygen atoms in total. The van der Waals surface area contributed by atoms with Gasteiger partial charge in [0, 0.05) is 34.0 Å². The van der Waals surface area contributed by atoms with Crippen LogP contribution in [0.1, 0.15) is 36.0 Å². The highest BCUT2D eigenvalue weighted by molar-refractivity contribution is 5.99. The summed E-state index contributed by atoms with van der Waals surface area (Å²) in [5, 5.41) is 0. The van der Waals surface area contributed by atoms with Gasteiger partial charge < -0.3 is 9.80 Å². The molecule has 8 rings (SSSR count). The first-order valence-corrected chi connectivity index (χ1v) is 15.6. The number of hydrogen-bond acceptors (Lipinski definition) is 2. The highest BCUT2D eigenvalue weighted by atomic mass is 15.2. The zero-order valence-electron chi connectivity index (χ0n) is 24.7. The number of rotatable bonds is 6. The van der Waals surface area contributed by atoms with Crippen molar-refractivity contribution in [2.75, 3.05) is 9.80 Å². The number of para-hydroxylation sites is 2. The van der Waals surface area contributed by atoms with E-state index in [0.717, 1.165) is 36.3 Å². The Kier molecular flexibility index (Phi) is 6.81. The minimum Gasteiger partial charge on any atom is -0.333 e. The Morgan fingerprint density at radius 3 is 2.05 bits per heavy atom. The van der Waals surface area contributed by atoms with Gasteiger partial charge in [-0.1, -0.05) is 103 Å². The molecule has 0 N–H and O–H groups in total. The van der Waals surface area contributed by atoms with Gasteiger partial charge in [0.1, 0.15) is 0 Å². The van der Waals surface area contributed by atoms with Gasteiger partial charge in [-0.3, -0.25) is 0 Å². The Morgan fingerprint density at radius 2 is 1.34 bits per heavy atom. The molecule has 212 valence electrons. The van der Waals surface area contributed by atoms with E-state index in [4.69, 9.17) is 0 Å². The van der Waals surface area contributed by atoms with Crippen LogP contribution in [-0.2, 0) is 0 Å². The molecule has 0 radical (unpaired) electrons. The van der Waals surface area contributed by atoms with E-state index in [1.54, 1.807) is 0 Å². The fourth-order valence-electron chi connectivity index (χ4n) is 6.91. The number of anilines is 5. The minimum absolute atomic E-state index is 0.241. The summed E-state index contributed by atoms with van der Waals surface area (Å²) in [6.07, 6.45) is 14.8. The summed E-state index contributed by atoms with van der Waals surface area (Å²) < 4.78 is 0. The monoisotopic (exact) mass is 566 g/mol. The smallest absolute Gasteiger partial charge is 0.0633 e. The summed E-state index contributed by atoms with van der Waals surface area (Å²) in [6, 6.07) is 48.5. The van der Waals surface area contributed by atoms with Crippen LogP contribution >= 0.6 is 0 Å². The Labute approximate surface area is 260 Å². The lowest BCUT2D eigenvalue weighted by molar-refractivity contribution is 0.831. The van der Waals surface area contributed by atoms with Crippen molar-refractivity contribution in [1.82, 2.24) is 0 Å². The first-order chi connectivity index (χ1) is 21.8. The molecule has 0 bridgehead atoms. The molecule has 1 aliphatic heterocycles. The number of fused-ring (bicyclic) bond motifs is 3. The SMILES string of the molecule is C1=CCCC(c2ccc3c(c2)C2=CC(c4ccccc4)=CCC2N3c2cccc(N(c3ccccc3)c3ccccc3)c2)=C1. The third kappa shape index (κ3) is 4.79. The standard InChI is InChI=1S/C42H34N2/c1-5-14-31(15-6-1)33-24-26-41-39(28-33)40-29-34(32-16-7-2-8-17-32)25-27-42(40)44(41)38-23-13-22-37(30-38)43(35-18-9-3-10-19-35)36-20-11-4-12-21-36/h1-7,9-16,18-25,27-30,41H,8,17,26H2. The zero-order valence-corrected chi connectivity index (χ0v) is 24.7. The molecule has 0 spiro atoms. The van der Waals surface area contributed by atoms with Crippen LogP contribution in [0.2, 0.25) is 0 Å². The highest BCUT2D eigenvalue weighted by Crippen LogP contribution is 2.50. The van der Waals surface area contributed by atoms with Gasteiger partial charge in [-0.2, -0.15) is 0 Å². The lowest BCUT2D eigenvalue weighted by Crippen LogP contribution is -2.27. The van der Waals surface area contributed by atoms with Crippen molar-refractivity contribution in [1.29, 1.82) is 0 Å². The van der Waals surface area contributed by atoms with Gasteiger partial charge in [0.2, 0.25) is 0 Å². The van der Waals surface area contributed by atoms with E-state index in [9.17, 15) is 0 Å². The molecule has 44 heavy (non-hydrogen) atoms. The molecule has 2 aliphatic carbocycles. The molecule has 5 aromatic rings. The van der Waals surface area contributed by atoms with Crippen molar-refractivity contribution in [3.63, 3.8) is 0 Å². The Balaban J connectivity index is 1.25. The molecule has 0 amide bonds. The van der Waals surface area contributed by atoms with E-state index in [-0.39, 0.29) is 6.04 Å². The summed E-state index contributed by atoms with van der Waals surface area (Å²) >= 11 is 0. The average molecular weight is 567 g/mol. The molecule has 0 fully saturated rings. The molecule has 2 heteroatoms. The van der Waals surface area contributed by atoms with Gasteiger partial charge in [0.05, 0.1) is 6.04 Å². The van der Waals surface area contributed by atoms with Crippen LogP contribution < -0.4 is 9.80 Å². The van der Waals surface area contributed by atoms with Crippen LogP contribution in [0, 0.1) is 0 Å². The van der Waals surface area contributed by atoms with Crippen molar-refractivity contribution < 1.29 is 0 Å². The second kappa shape index (κ2) is 11.4. The Bertz CT molecular complexity index is 1890. The number of allylic oxidation sites excluding steroid dienone is 6. The Morgan fingerprint density at radius 1 is 0.636 bits per heavy atom. The van der Waals surface area contributed by atoms with Gasteiger partial charge in [-0.15, -0.1) is 0 Å². The summed E-state index contributed by atoms with van der Waals surface area (Å²) in [4.78, 5) is 4.91. The van der Waals surface area contributed by atoms with Crippen molar-refractivity contribution in [3.8, 4) is 0 Å².